The number of thiophene rings is 1. The average molecular weight is 381 g/mol. The summed E-state index contributed by atoms with van der Waals surface area (Å²) in [5.41, 5.74) is 0.489. The lowest BCUT2D eigenvalue weighted by Gasteiger charge is -2.10. The average Bonchev–Trinajstić information content (AvgIpc) is 3.37. The number of anilines is 1. The molecule has 7 nitrogen and oxygen atoms in total. The van der Waals surface area contributed by atoms with Crippen LogP contribution in [-0.4, -0.2) is 23.5 Å². The number of nitrogens with zero attached hydrogens (tertiary/aromatic N) is 1. The SMILES string of the molecule is N#Cc1ccccc1NC(=O)C(=O)NCC(O)c1ccc(-c2cccs2)o1. The third-order valence-corrected chi connectivity index (χ3v) is 4.56. The number of hydrogen-bond acceptors (Lipinski definition) is 6. The summed E-state index contributed by atoms with van der Waals surface area (Å²) >= 11 is 1.51. The van der Waals surface area contributed by atoms with Crippen LogP contribution in [-0.2, 0) is 9.59 Å². The maximum atomic E-state index is 12.0. The molecule has 3 aromatic rings. The first-order chi connectivity index (χ1) is 13.1. The largest absolute Gasteiger partial charge is 0.457 e. The molecule has 0 bridgehead atoms. The number of rotatable bonds is 5. The van der Waals surface area contributed by atoms with E-state index in [2.05, 4.69) is 10.6 Å². The van der Waals surface area contributed by atoms with Crippen molar-refractivity contribution in [1.82, 2.24) is 5.32 Å². The minimum absolute atomic E-state index is 0.191. The molecule has 0 aliphatic carbocycles. The van der Waals surface area contributed by atoms with Crippen LogP contribution in [0.1, 0.15) is 17.4 Å². The first-order valence-corrected chi connectivity index (χ1v) is 8.86. The number of furan rings is 1. The van der Waals surface area contributed by atoms with Gasteiger partial charge in [0.15, 0.2) is 0 Å². The van der Waals surface area contributed by atoms with E-state index in [1.54, 1.807) is 24.3 Å². The lowest BCUT2D eigenvalue weighted by Crippen LogP contribution is -2.37. The summed E-state index contributed by atoms with van der Waals surface area (Å²) < 4.78 is 5.58. The Morgan fingerprint density at radius 2 is 1.96 bits per heavy atom. The summed E-state index contributed by atoms with van der Waals surface area (Å²) in [6.07, 6.45) is -1.10. The Hall–Kier alpha value is -3.41. The van der Waals surface area contributed by atoms with Gasteiger partial charge in [-0.1, -0.05) is 18.2 Å². The molecule has 2 amide bonds. The number of benzene rings is 1. The van der Waals surface area contributed by atoms with E-state index in [-0.39, 0.29) is 23.6 Å². The van der Waals surface area contributed by atoms with Crippen molar-refractivity contribution in [3.63, 3.8) is 0 Å². The second-order valence-electron chi connectivity index (χ2n) is 5.52. The van der Waals surface area contributed by atoms with Crippen molar-refractivity contribution in [3.8, 4) is 16.7 Å². The maximum Gasteiger partial charge on any atom is 0.313 e. The zero-order chi connectivity index (χ0) is 19.2. The van der Waals surface area contributed by atoms with Crippen molar-refractivity contribution in [3.05, 3.63) is 65.2 Å². The number of hydrogen-bond donors (Lipinski definition) is 3. The molecular weight excluding hydrogens is 366 g/mol. The van der Waals surface area contributed by atoms with Crippen molar-refractivity contribution in [2.45, 2.75) is 6.10 Å². The van der Waals surface area contributed by atoms with Gasteiger partial charge in [0.1, 0.15) is 23.7 Å². The Kier molecular flexibility index (Phi) is 5.66. The Bertz CT molecular complexity index is 989. The molecule has 0 saturated carbocycles. The fourth-order valence-corrected chi connectivity index (χ4v) is 3.01. The van der Waals surface area contributed by atoms with Crippen LogP contribution in [0.5, 0.6) is 0 Å². The molecule has 0 saturated heterocycles. The number of aliphatic hydroxyl groups excluding tert-OH is 1. The summed E-state index contributed by atoms with van der Waals surface area (Å²) in [6.45, 7) is -0.191. The van der Waals surface area contributed by atoms with Crippen LogP contribution in [0.25, 0.3) is 10.6 Å². The van der Waals surface area contributed by atoms with Gasteiger partial charge >= 0.3 is 11.8 Å². The highest BCUT2D eigenvalue weighted by molar-refractivity contribution is 7.13. The fourth-order valence-electron chi connectivity index (χ4n) is 2.32. The van der Waals surface area contributed by atoms with E-state index in [1.165, 1.54) is 23.5 Å². The van der Waals surface area contributed by atoms with Crippen molar-refractivity contribution < 1.29 is 19.1 Å². The summed E-state index contributed by atoms with van der Waals surface area (Å²) in [5, 5.41) is 25.8. The second kappa shape index (κ2) is 8.31. The van der Waals surface area contributed by atoms with Gasteiger partial charge in [-0.2, -0.15) is 5.26 Å². The van der Waals surface area contributed by atoms with E-state index in [4.69, 9.17) is 9.68 Å². The van der Waals surface area contributed by atoms with Gasteiger partial charge in [-0.3, -0.25) is 9.59 Å². The second-order valence-corrected chi connectivity index (χ2v) is 6.46. The summed E-state index contributed by atoms with van der Waals surface area (Å²) in [7, 11) is 0. The molecule has 2 heterocycles. The van der Waals surface area contributed by atoms with Crippen LogP contribution in [0.4, 0.5) is 5.69 Å². The van der Waals surface area contributed by atoms with E-state index < -0.39 is 17.9 Å². The Morgan fingerprint density at radius 3 is 2.70 bits per heavy atom. The van der Waals surface area contributed by atoms with Crippen molar-refractivity contribution in [2.24, 2.45) is 0 Å². The van der Waals surface area contributed by atoms with Crippen LogP contribution in [0.3, 0.4) is 0 Å². The molecule has 0 fully saturated rings. The molecule has 0 radical (unpaired) electrons. The topological polar surface area (TPSA) is 115 Å². The number of carbonyl (C=O) groups is 2. The molecule has 3 rings (SSSR count). The molecule has 0 spiro atoms. The highest BCUT2D eigenvalue weighted by atomic mass is 32.1. The zero-order valence-corrected chi connectivity index (χ0v) is 14.8. The molecule has 3 N–H and O–H groups in total. The number of carbonyl (C=O) groups excluding carboxylic acids is 2. The fraction of sp³-hybridized carbons (Fsp3) is 0.105. The van der Waals surface area contributed by atoms with Gasteiger partial charge in [-0.05, 0) is 35.7 Å². The molecule has 1 unspecified atom stereocenters. The minimum Gasteiger partial charge on any atom is -0.457 e. The Labute approximate surface area is 158 Å². The first kappa shape index (κ1) is 18.4. The third-order valence-electron chi connectivity index (χ3n) is 3.68. The molecule has 1 atom stereocenters. The van der Waals surface area contributed by atoms with Gasteiger partial charge in [0, 0.05) is 0 Å². The molecular formula is C19H15N3O4S. The lowest BCUT2D eigenvalue weighted by atomic mass is 10.2. The molecule has 8 heteroatoms. The van der Waals surface area contributed by atoms with E-state index in [1.807, 2.05) is 23.6 Å². The quantitative estimate of drug-likeness (QED) is 0.588. The number of nitrogens with one attached hydrogen (secondary N) is 2. The number of nitriles is 1. The standard InChI is InChI=1S/C19H15N3O4S/c20-10-12-4-1-2-5-13(12)22-19(25)18(24)21-11-14(23)15-7-8-16(26-15)17-6-3-9-27-17/h1-9,14,23H,11H2,(H,21,24)(H,22,25). The molecule has 0 aliphatic heterocycles. The predicted molar refractivity (Wildman–Crippen MR) is 99.8 cm³/mol. The highest BCUT2D eigenvalue weighted by Gasteiger charge is 2.19. The monoisotopic (exact) mass is 381 g/mol. The van der Waals surface area contributed by atoms with Crippen molar-refractivity contribution in [1.29, 1.82) is 5.26 Å². The molecule has 2 aromatic heterocycles. The van der Waals surface area contributed by atoms with Crippen LogP contribution >= 0.6 is 11.3 Å². The normalized spacial score (nSPS) is 11.4. The van der Waals surface area contributed by atoms with E-state index >= 15 is 0 Å². The van der Waals surface area contributed by atoms with Gasteiger partial charge in [0.2, 0.25) is 0 Å². The number of amides is 2. The summed E-state index contributed by atoms with van der Waals surface area (Å²) in [5.74, 6) is -0.944. The highest BCUT2D eigenvalue weighted by Crippen LogP contribution is 2.28. The number of aliphatic hydroxyl groups is 1. The van der Waals surface area contributed by atoms with E-state index in [0.29, 0.717) is 5.76 Å². The first-order valence-electron chi connectivity index (χ1n) is 7.98. The van der Waals surface area contributed by atoms with Gasteiger partial charge in [-0.25, -0.2) is 0 Å². The molecule has 27 heavy (non-hydrogen) atoms. The van der Waals surface area contributed by atoms with Crippen LogP contribution in [0, 0.1) is 11.3 Å². The summed E-state index contributed by atoms with van der Waals surface area (Å²) in [6, 6.07) is 15.4. The number of para-hydroxylation sites is 1. The third kappa shape index (κ3) is 4.41. The van der Waals surface area contributed by atoms with Gasteiger partial charge in [-0.15, -0.1) is 11.3 Å². The Balaban J connectivity index is 1.55. The van der Waals surface area contributed by atoms with Crippen LogP contribution < -0.4 is 10.6 Å². The van der Waals surface area contributed by atoms with Crippen LogP contribution in [0.2, 0.25) is 0 Å². The van der Waals surface area contributed by atoms with Crippen molar-refractivity contribution >= 4 is 28.8 Å². The predicted octanol–water partition coefficient (Wildman–Crippen LogP) is 2.67. The molecule has 136 valence electrons. The Morgan fingerprint density at radius 1 is 1.15 bits per heavy atom. The van der Waals surface area contributed by atoms with Gasteiger partial charge in [0.25, 0.3) is 0 Å². The van der Waals surface area contributed by atoms with Crippen molar-refractivity contribution in [2.75, 3.05) is 11.9 Å². The van der Waals surface area contributed by atoms with E-state index in [0.717, 1.165) is 4.88 Å². The van der Waals surface area contributed by atoms with Gasteiger partial charge in [0.05, 0.1) is 22.7 Å². The van der Waals surface area contributed by atoms with E-state index in [9.17, 15) is 14.7 Å². The van der Waals surface area contributed by atoms with Crippen LogP contribution in [0.15, 0.2) is 58.3 Å². The summed E-state index contributed by atoms with van der Waals surface area (Å²) in [4.78, 5) is 24.8. The minimum atomic E-state index is -1.10. The van der Waals surface area contributed by atoms with Gasteiger partial charge < -0.3 is 20.2 Å². The smallest absolute Gasteiger partial charge is 0.313 e. The molecule has 1 aromatic carbocycles. The maximum absolute atomic E-state index is 12.0. The molecule has 0 aliphatic rings. The zero-order valence-electron chi connectivity index (χ0n) is 14.0. The lowest BCUT2D eigenvalue weighted by molar-refractivity contribution is -0.136.